The zero-order valence-electron chi connectivity index (χ0n) is 17.9. The average molecular weight is 508 g/mol. The van der Waals surface area contributed by atoms with Crippen molar-refractivity contribution >= 4 is 39.3 Å². The average Bonchev–Trinajstić information content (AvgIpc) is 3.26. The standard InChI is InChI=1S/C24H28BrClN2O3/c1-16-13-20(11-12-21(16)25)31-15-23(29)28(14-18-7-3-6-10-22(18)26)17(2)24(30)27-19-8-4-5-9-19/h3,6-7,10-13,17,19H,4-5,8-9,14-15H2,1-2H3,(H,27,30)/t17-/m1/s1. The summed E-state index contributed by atoms with van der Waals surface area (Å²) in [6, 6.07) is 12.5. The molecule has 1 fully saturated rings. The van der Waals surface area contributed by atoms with E-state index in [0.29, 0.717) is 10.8 Å². The van der Waals surface area contributed by atoms with E-state index in [1.54, 1.807) is 19.1 Å². The second-order valence-corrected chi connectivity index (χ2v) is 9.24. The molecule has 2 aromatic rings. The third kappa shape index (κ3) is 6.47. The van der Waals surface area contributed by atoms with Gasteiger partial charge in [0.15, 0.2) is 6.61 Å². The number of carbonyl (C=O) groups is 2. The molecular formula is C24H28BrClN2O3. The molecule has 0 bridgehead atoms. The minimum absolute atomic E-state index is 0.146. The van der Waals surface area contributed by atoms with Crippen LogP contribution in [0.2, 0.25) is 5.02 Å². The Bertz CT molecular complexity index is 931. The Balaban J connectivity index is 1.73. The molecule has 7 heteroatoms. The zero-order chi connectivity index (χ0) is 22.4. The molecule has 166 valence electrons. The van der Waals surface area contributed by atoms with Crippen LogP contribution in [0.5, 0.6) is 5.75 Å². The van der Waals surface area contributed by atoms with Crippen molar-refractivity contribution in [3.63, 3.8) is 0 Å². The summed E-state index contributed by atoms with van der Waals surface area (Å²) in [6.07, 6.45) is 4.23. The largest absolute Gasteiger partial charge is 0.484 e. The number of halogens is 2. The molecule has 2 aromatic carbocycles. The van der Waals surface area contributed by atoms with E-state index < -0.39 is 6.04 Å². The van der Waals surface area contributed by atoms with Crippen LogP contribution in [0.25, 0.3) is 0 Å². The number of nitrogens with zero attached hydrogens (tertiary/aromatic N) is 1. The maximum atomic E-state index is 13.1. The van der Waals surface area contributed by atoms with Gasteiger partial charge >= 0.3 is 0 Å². The number of rotatable bonds is 8. The molecule has 1 N–H and O–H groups in total. The summed E-state index contributed by atoms with van der Waals surface area (Å²) < 4.78 is 6.71. The normalized spacial score (nSPS) is 14.8. The van der Waals surface area contributed by atoms with E-state index in [-0.39, 0.29) is 31.0 Å². The summed E-state index contributed by atoms with van der Waals surface area (Å²) in [5.41, 5.74) is 1.81. The van der Waals surface area contributed by atoms with E-state index in [4.69, 9.17) is 16.3 Å². The topological polar surface area (TPSA) is 58.6 Å². The van der Waals surface area contributed by atoms with Crippen LogP contribution in [0.1, 0.15) is 43.7 Å². The molecule has 2 amide bonds. The van der Waals surface area contributed by atoms with Crippen molar-refractivity contribution in [2.45, 2.75) is 58.2 Å². The lowest BCUT2D eigenvalue weighted by Crippen LogP contribution is -2.50. The summed E-state index contributed by atoms with van der Waals surface area (Å²) in [4.78, 5) is 27.6. The van der Waals surface area contributed by atoms with E-state index in [1.165, 1.54) is 4.90 Å². The van der Waals surface area contributed by atoms with Crippen molar-refractivity contribution in [3.8, 4) is 5.75 Å². The summed E-state index contributed by atoms with van der Waals surface area (Å²) in [5, 5.41) is 3.65. The molecule has 1 saturated carbocycles. The molecule has 3 rings (SSSR count). The van der Waals surface area contributed by atoms with Crippen LogP contribution in [-0.2, 0) is 16.1 Å². The van der Waals surface area contributed by atoms with Gasteiger partial charge in [-0.2, -0.15) is 0 Å². The van der Waals surface area contributed by atoms with E-state index in [2.05, 4.69) is 21.2 Å². The smallest absolute Gasteiger partial charge is 0.261 e. The summed E-state index contributed by atoms with van der Waals surface area (Å²) in [5.74, 6) is 0.191. The SMILES string of the molecule is Cc1cc(OCC(=O)N(Cc2ccccc2Cl)[C@H](C)C(=O)NC2CCCC2)ccc1Br. The highest BCUT2D eigenvalue weighted by molar-refractivity contribution is 9.10. The van der Waals surface area contributed by atoms with Crippen LogP contribution < -0.4 is 10.1 Å². The van der Waals surface area contributed by atoms with Crippen LogP contribution in [-0.4, -0.2) is 35.4 Å². The molecule has 0 heterocycles. The Morgan fingerprint density at radius 3 is 2.61 bits per heavy atom. The molecule has 0 radical (unpaired) electrons. The van der Waals surface area contributed by atoms with Crippen molar-refractivity contribution in [3.05, 3.63) is 63.1 Å². The van der Waals surface area contributed by atoms with Gasteiger partial charge in [-0.1, -0.05) is 58.6 Å². The Hall–Kier alpha value is -2.05. The van der Waals surface area contributed by atoms with E-state index in [1.807, 2.05) is 37.3 Å². The highest BCUT2D eigenvalue weighted by Crippen LogP contribution is 2.23. The van der Waals surface area contributed by atoms with E-state index in [0.717, 1.165) is 41.3 Å². The van der Waals surface area contributed by atoms with Gasteiger partial charge in [0.1, 0.15) is 11.8 Å². The number of benzene rings is 2. The van der Waals surface area contributed by atoms with Crippen molar-refractivity contribution in [2.75, 3.05) is 6.61 Å². The second kappa shape index (κ2) is 11.0. The number of ether oxygens (including phenoxy) is 1. The predicted octanol–water partition coefficient (Wildman–Crippen LogP) is 5.27. The maximum absolute atomic E-state index is 13.1. The molecule has 0 spiro atoms. The third-order valence-corrected chi connectivity index (χ3v) is 6.92. The lowest BCUT2D eigenvalue weighted by Gasteiger charge is -2.30. The molecule has 0 aromatic heterocycles. The highest BCUT2D eigenvalue weighted by Gasteiger charge is 2.29. The van der Waals surface area contributed by atoms with Gasteiger partial charge in [-0.05, 0) is 62.1 Å². The number of hydrogen-bond acceptors (Lipinski definition) is 3. The number of aryl methyl sites for hydroxylation is 1. The molecule has 0 aliphatic heterocycles. The fraction of sp³-hybridized carbons (Fsp3) is 0.417. The fourth-order valence-corrected chi connectivity index (χ4v) is 4.16. The minimum atomic E-state index is -0.639. The second-order valence-electron chi connectivity index (χ2n) is 7.98. The Labute approximate surface area is 197 Å². The molecule has 5 nitrogen and oxygen atoms in total. The summed E-state index contributed by atoms with van der Waals surface area (Å²) in [6.45, 7) is 3.79. The predicted molar refractivity (Wildman–Crippen MR) is 126 cm³/mol. The van der Waals surface area contributed by atoms with E-state index in [9.17, 15) is 9.59 Å². The summed E-state index contributed by atoms with van der Waals surface area (Å²) in [7, 11) is 0. The number of carbonyl (C=O) groups excluding carboxylic acids is 2. The van der Waals surface area contributed by atoms with Crippen LogP contribution in [0, 0.1) is 6.92 Å². The monoisotopic (exact) mass is 506 g/mol. The van der Waals surface area contributed by atoms with Gasteiger partial charge in [-0.15, -0.1) is 0 Å². The van der Waals surface area contributed by atoms with Crippen LogP contribution in [0.3, 0.4) is 0 Å². The van der Waals surface area contributed by atoms with Crippen molar-refractivity contribution in [1.82, 2.24) is 10.2 Å². The van der Waals surface area contributed by atoms with Gasteiger partial charge in [0.25, 0.3) is 5.91 Å². The maximum Gasteiger partial charge on any atom is 0.261 e. The molecule has 31 heavy (non-hydrogen) atoms. The molecule has 0 saturated heterocycles. The number of nitrogens with one attached hydrogen (secondary N) is 1. The molecule has 1 aliphatic carbocycles. The number of hydrogen-bond donors (Lipinski definition) is 1. The first-order chi connectivity index (χ1) is 14.8. The first kappa shape index (κ1) is 23.6. The molecule has 1 aliphatic rings. The Morgan fingerprint density at radius 1 is 1.23 bits per heavy atom. The first-order valence-corrected chi connectivity index (χ1v) is 11.7. The first-order valence-electron chi connectivity index (χ1n) is 10.6. The fourth-order valence-electron chi connectivity index (χ4n) is 3.72. The molecule has 1 atom stereocenters. The molecular weight excluding hydrogens is 480 g/mol. The van der Waals surface area contributed by atoms with E-state index >= 15 is 0 Å². The van der Waals surface area contributed by atoms with Crippen LogP contribution >= 0.6 is 27.5 Å². The van der Waals surface area contributed by atoms with Crippen LogP contribution in [0.15, 0.2) is 46.9 Å². The Morgan fingerprint density at radius 2 is 1.94 bits per heavy atom. The highest BCUT2D eigenvalue weighted by atomic mass is 79.9. The van der Waals surface area contributed by atoms with Crippen molar-refractivity contribution in [2.24, 2.45) is 0 Å². The number of amides is 2. The quantitative estimate of drug-likeness (QED) is 0.530. The van der Waals surface area contributed by atoms with Crippen LogP contribution in [0.4, 0.5) is 0 Å². The summed E-state index contributed by atoms with van der Waals surface area (Å²) >= 11 is 9.79. The van der Waals surface area contributed by atoms with Crippen molar-refractivity contribution in [1.29, 1.82) is 0 Å². The Kier molecular flexibility index (Phi) is 8.38. The van der Waals surface area contributed by atoms with Gasteiger partial charge < -0.3 is 15.0 Å². The van der Waals surface area contributed by atoms with Gasteiger partial charge in [-0.3, -0.25) is 9.59 Å². The van der Waals surface area contributed by atoms with Crippen molar-refractivity contribution < 1.29 is 14.3 Å². The zero-order valence-corrected chi connectivity index (χ0v) is 20.2. The van der Waals surface area contributed by atoms with Gasteiger partial charge in [0.2, 0.25) is 5.91 Å². The molecule has 0 unspecified atom stereocenters. The third-order valence-electron chi connectivity index (χ3n) is 5.66. The van der Waals surface area contributed by atoms with Gasteiger partial charge in [-0.25, -0.2) is 0 Å². The lowest BCUT2D eigenvalue weighted by molar-refractivity contribution is -0.142. The lowest BCUT2D eigenvalue weighted by atomic mass is 10.1. The minimum Gasteiger partial charge on any atom is -0.484 e. The van der Waals surface area contributed by atoms with Gasteiger partial charge in [0.05, 0.1) is 0 Å². The van der Waals surface area contributed by atoms with Gasteiger partial charge in [0, 0.05) is 22.1 Å².